The van der Waals surface area contributed by atoms with E-state index in [0.29, 0.717) is 12.8 Å². The van der Waals surface area contributed by atoms with Gasteiger partial charge in [-0.05, 0) is 6.08 Å². The summed E-state index contributed by atoms with van der Waals surface area (Å²) in [5.74, 6) is -0.550. The topological polar surface area (TPSA) is 98.2 Å². The second-order valence-electron chi connectivity index (χ2n) is 5.02. The average molecular weight is 297 g/mol. The second-order valence-corrected chi connectivity index (χ2v) is 5.02. The lowest BCUT2D eigenvalue weighted by Gasteiger charge is -2.22. The Bertz CT molecular complexity index is 443. The summed E-state index contributed by atoms with van der Waals surface area (Å²) in [5.41, 5.74) is 1.44. The summed E-state index contributed by atoms with van der Waals surface area (Å²) in [6.45, 7) is 3.96. The fourth-order valence-electron chi connectivity index (χ4n) is 2.30. The van der Waals surface area contributed by atoms with Gasteiger partial charge in [-0.15, -0.1) is 0 Å². The van der Waals surface area contributed by atoms with E-state index in [-0.39, 0.29) is 30.9 Å². The Hall–Kier alpha value is -1.93. The summed E-state index contributed by atoms with van der Waals surface area (Å²) >= 11 is 0. The molecule has 1 saturated heterocycles. The van der Waals surface area contributed by atoms with E-state index in [0.717, 1.165) is 0 Å². The maximum Gasteiger partial charge on any atom is 0.272 e. The number of rotatable bonds is 6. The lowest BCUT2D eigenvalue weighted by atomic mass is 9.96. The van der Waals surface area contributed by atoms with Crippen molar-refractivity contribution >= 4 is 18.0 Å². The quantitative estimate of drug-likeness (QED) is 0.516. The zero-order valence-corrected chi connectivity index (χ0v) is 11.8. The van der Waals surface area contributed by atoms with Gasteiger partial charge in [0.1, 0.15) is 6.10 Å². The van der Waals surface area contributed by atoms with Crippen LogP contribution in [0.25, 0.3) is 0 Å². The highest BCUT2D eigenvalue weighted by Gasteiger charge is 2.37. The molecule has 116 valence electrons. The SMILES string of the molecule is C=CC1(CC(=O)N[C@H]2CO[C@@H](C(=O)NOC)C2)CC=NO1. The normalized spacial score (nSPS) is 30.7. The molecule has 0 aromatic carbocycles. The second kappa shape index (κ2) is 6.68. The molecular formula is C13H19N3O5. The van der Waals surface area contributed by atoms with E-state index in [1.165, 1.54) is 7.11 Å². The third-order valence-corrected chi connectivity index (χ3v) is 3.44. The molecular weight excluding hydrogens is 278 g/mol. The fraction of sp³-hybridized carbons (Fsp3) is 0.615. The van der Waals surface area contributed by atoms with E-state index in [2.05, 4.69) is 27.4 Å². The molecule has 0 aromatic rings. The van der Waals surface area contributed by atoms with Gasteiger partial charge in [0.15, 0.2) is 5.60 Å². The molecule has 2 aliphatic rings. The predicted octanol–water partition coefficient (Wildman–Crippen LogP) is -0.341. The van der Waals surface area contributed by atoms with Crippen molar-refractivity contribution in [3.63, 3.8) is 0 Å². The van der Waals surface area contributed by atoms with Gasteiger partial charge >= 0.3 is 0 Å². The maximum absolute atomic E-state index is 12.0. The number of hydroxylamine groups is 1. The first-order valence-corrected chi connectivity index (χ1v) is 6.66. The van der Waals surface area contributed by atoms with Crippen LogP contribution in [0.4, 0.5) is 0 Å². The van der Waals surface area contributed by atoms with Crippen LogP contribution < -0.4 is 10.8 Å². The third-order valence-electron chi connectivity index (χ3n) is 3.44. The van der Waals surface area contributed by atoms with E-state index in [9.17, 15) is 9.59 Å². The van der Waals surface area contributed by atoms with Gasteiger partial charge in [0, 0.05) is 19.1 Å². The van der Waals surface area contributed by atoms with Crippen molar-refractivity contribution in [3.8, 4) is 0 Å². The molecule has 2 N–H and O–H groups in total. The van der Waals surface area contributed by atoms with Gasteiger partial charge in [-0.25, -0.2) is 5.48 Å². The minimum absolute atomic E-state index is 0.127. The molecule has 1 fully saturated rings. The van der Waals surface area contributed by atoms with Crippen molar-refractivity contribution < 1.29 is 24.0 Å². The summed E-state index contributed by atoms with van der Waals surface area (Å²) in [4.78, 5) is 33.3. The Morgan fingerprint density at radius 3 is 3.05 bits per heavy atom. The summed E-state index contributed by atoms with van der Waals surface area (Å²) in [6, 6.07) is -0.214. The molecule has 0 aromatic heterocycles. The number of nitrogens with zero attached hydrogens (tertiary/aromatic N) is 1. The number of hydrogen-bond acceptors (Lipinski definition) is 6. The zero-order valence-electron chi connectivity index (χ0n) is 11.8. The van der Waals surface area contributed by atoms with Crippen LogP contribution in [0.2, 0.25) is 0 Å². The molecule has 8 nitrogen and oxygen atoms in total. The molecule has 0 aliphatic carbocycles. The smallest absolute Gasteiger partial charge is 0.272 e. The van der Waals surface area contributed by atoms with Crippen LogP contribution in [0.3, 0.4) is 0 Å². The molecule has 2 rings (SSSR count). The highest BCUT2D eigenvalue weighted by atomic mass is 16.7. The monoisotopic (exact) mass is 297 g/mol. The van der Waals surface area contributed by atoms with Crippen molar-refractivity contribution in [2.75, 3.05) is 13.7 Å². The van der Waals surface area contributed by atoms with Crippen LogP contribution in [0.1, 0.15) is 19.3 Å². The molecule has 2 aliphatic heterocycles. The van der Waals surface area contributed by atoms with Crippen LogP contribution in [0, 0.1) is 0 Å². The molecule has 21 heavy (non-hydrogen) atoms. The molecule has 8 heteroatoms. The van der Waals surface area contributed by atoms with Crippen molar-refractivity contribution in [2.45, 2.75) is 37.0 Å². The first kappa shape index (κ1) is 15.5. The minimum atomic E-state index is -0.767. The molecule has 3 atom stereocenters. The van der Waals surface area contributed by atoms with Gasteiger partial charge in [0.2, 0.25) is 5.91 Å². The van der Waals surface area contributed by atoms with Crippen molar-refractivity contribution in [3.05, 3.63) is 12.7 Å². The van der Waals surface area contributed by atoms with Gasteiger partial charge in [0.25, 0.3) is 5.91 Å². The molecule has 0 spiro atoms. The highest BCUT2D eigenvalue weighted by molar-refractivity contribution is 5.81. The number of carbonyl (C=O) groups excluding carboxylic acids is 2. The van der Waals surface area contributed by atoms with Crippen LogP contribution in [0.5, 0.6) is 0 Å². The van der Waals surface area contributed by atoms with E-state index in [1.54, 1.807) is 12.3 Å². The van der Waals surface area contributed by atoms with Crippen LogP contribution in [-0.4, -0.2) is 49.5 Å². The number of carbonyl (C=O) groups is 2. The Kier molecular flexibility index (Phi) is 4.92. The summed E-state index contributed by atoms with van der Waals surface area (Å²) in [5, 5.41) is 6.50. The standard InChI is InChI=1S/C13H19N3O5/c1-3-13(4-5-14-21-13)7-11(17)15-9-6-10(20-8-9)12(18)16-19-2/h3,5,9-10H,1,4,6-8H2,2H3,(H,15,17)(H,16,18)/t9-,10-,13?/m1/s1. The van der Waals surface area contributed by atoms with E-state index in [1.807, 2.05) is 0 Å². The van der Waals surface area contributed by atoms with Crippen molar-refractivity contribution in [2.24, 2.45) is 5.16 Å². The number of hydrogen-bond donors (Lipinski definition) is 2. The van der Waals surface area contributed by atoms with Gasteiger partial charge < -0.3 is 14.9 Å². The lowest BCUT2D eigenvalue weighted by Crippen LogP contribution is -2.41. The number of nitrogens with one attached hydrogen (secondary N) is 2. The summed E-state index contributed by atoms with van der Waals surface area (Å²) in [6.07, 6.45) is 3.62. The Morgan fingerprint density at radius 2 is 2.43 bits per heavy atom. The molecule has 2 heterocycles. The summed E-state index contributed by atoms with van der Waals surface area (Å²) < 4.78 is 5.32. The molecule has 0 radical (unpaired) electrons. The molecule has 2 amide bonds. The molecule has 0 bridgehead atoms. The largest absolute Gasteiger partial charge is 0.384 e. The zero-order chi connectivity index (χ0) is 15.3. The van der Waals surface area contributed by atoms with Crippen LogP contribution >= 0.6 is 0 Å². The predicted molar refractivity (Wildman–Crippen MR) is 73.2 cm³/mol. The van der Waals surface area contributed by atoms with Crippen molar-refractivity contribution in [1.82, 2.24) is 10.8 Å². The molecule has 0 saturated carbocycles. The Morgan fingerprint density at radius 1 is 1.62 bits per heavy atom. The van der Waals surface area contributed by atoms with E-state index in [4.69, 9.17) is 9.57 Å². The maximum atomic E-state index is 12.0. The molecule has 1 unspecified atom stereocenters. The lowest BCUT2D eigenvalue weighted by molar-refractivity contribution is -0.140. The van der Waals surface area contributed by atoms with Gasteiger partial charge in [-0.3, -0.25) is 14.4 Å². The van der Waals surface area contributed by atoms with Crippen LogP contribution in [-0.2, 0) is 24.0 Å². The number of ether oxygens (including phenoxy) is 1. The van der Waals surface area contributed by atoms with Gasteiger partial charge in [-0.2, -0.15) is 0 Å². The number of oxime groups is 1. The Labute approximate surface area is 122 Å². The van der Waals surface area contributed by atoms with E-state index >= 15 is 0 Å². The minimum Gasteiger partial charge on any atom is -0.384 e. The summed E-state index contributed by atoms with van der Waals surface area (Å²) in [7, 11) is 1.35. The highest BCUT2D eigenvalue weighted by Crippen LogP contribution is 2.26. The van der Waals surface area contributed by atoms with E-state index < -0.39 is 11.7 Å². The Balaban J connectivity index is 1.79. The average Bonchev–Trinajstić information content (AvgIpc) is 3.09. The van der Waals surface area contributed by atoms with Crippen molar-refractivity contribution in [1.29, 1.82) is 0 Å². The van der Waals surface area contributed by atoms with Gasteiger partial charge in [0.05, 0.1) is 26.2 Å². The third kappa shape index (κ3) is 3.79. The number of amides is 2. The van der Waals surface area contributed by atoms with Crippen LogP contribution in [0.15, 0.2) is 17.8 Å². The first-order valence-electron chi connectivity index (χ1n) is 6.66. The fourth-order valence-corrected chi connectivity index (χ4v) is 2.30. The van der Waals surface area contributed by atoms with Gasteiger partial charge in [-0.1, -0.05) is 11.7 Å². The first-order chi connectivity index (χ1) is 10.1.